The first-order chi connectivity index (χ1) is 15.9. The second-order valence-corrected chi connectivity index (χ2v) is 6.99. The normalized spacial score (nSPS) is 17.7. The number of carbonyl (C=O) groups is 1. The highest BCUT2D eigenvalue weighted by molar-refractivity contribution is 5.85. The lowest BCUT2D eigenvalue weighted by atomic mass is 9.86. The summed E-state index contributed by atoms with van der Waals surface area (Å²) in [6.07, 6.45) is -17.6. The smallest absolute Gasteiger partial charge is 0.385 e. The monoisotopic (exact) mass is 600 g/mol. The van der Waals surface area contributed by atoms with E-state index in [1.54, 1.807) is 0 Å². The summed E-state index contributed by atoms with van der Waals surface area (Å²) in [6, 6.07) is 0. The molecule has 2 nitrogen and oxygen atoms in total. The summed E-state index contributed by atoms with van der Waals surface area (Å²) < 4.78 is 265. The molecule has 0 bridgehead atoms. The Kier molecular flexibility index (Phi) is 8.96. The van der Waals surface area contributed by atoms with Crippen molar-refractivity contribution in [2.75, 3.05) is 0 Å². The third kappa shape index (κ3) is 4.76. The van der Waals surface area contributed by atoms with Gasteiger partial charge in [0.05, 0.1) is 0 Å². The minimum Gasteiger partial charge on any atom is -0.478 e. The van der Waals surface area contributed by atoms with Gasteiger partial charge in [-0.3, -0.25) is 0 Å². The standard InChI is InChI=1S/C15H8F20O2/c1-3(7(36)37)2-4(16)8(20,21)10(24,25)12(28,29)14(32,33)15(34,35)13(30,31)11(26,27)9(22,23)5(17)6(18)19/h2,4-6H,1H3,(H,36,37). The Morgan fingerprint density at radius 3 is 1.11 bits per heavy atom. The molecule has 1 N–H and O–H groups in total. The highest BCUT2D eigenvalue weighted by Crippen LogP contribution is 2.64. The maximum Gasteiger partial charge on any atom is 0.385 e. The molecule has 0 spiro atoms. The first-order valence-electron chi connectivity index (χ1n) is 8.36. The molecule has 0 amide bonds. The van der Waals surface area contributed by atoms with E-state index < -0.39 is 83.8 Å². The van der Waals surface area contributed by atoms with Gasteiger partial charge in [0.1, 0.15) is 0 Å². The summed E-state index contributed by atoms with van der Waals surface area (Å²) in [6.45, 7) is 0.102. The van der Waals surface area contributed by atoms with Crippen molar-refractivity contribution in [1.82, 2.24) is 0 Å². The molecule has 0 rings (SSSR count). The van der Waals surface area contributed by atoms with Gasteiger partial charge < -0.3 is 5.11 Å². The molecule has 22 heteroatoms. The van der Waals surface area contributed by atoms with E-state index in [0.29, 0.717) is 0 Å². The Bertz CT molecular complexity index is 875. The van der Waals surface area contributed by atoms with Crippen molar-refractivity contribution in [3.05, 3.63) is 11.6 Å². The highest BCUT2D eigenvalue weighted by Gasteiger charge is 2.95. The second kappa shape index (κ2) is 9.53. The molecule has 2 atom stereocenters. The van der Waals surface area contributed by atoms with Gasteiger partial charge in [-0.25, -0.2) is 22.4 Å². The van der Waals surface area contributed by atoms with Crippen LogP contribution in [0.2, 0.25) is 0 Å². The number of carboxylic acid groups (broad SMARTS) is 1. The molecule has 0 saturated heterocycles. The molecular weight excluding hydrogens is 592 g/mol. The lowest BCUT2D eigenvalue weighted by molar-refractivity contribution is -0.457. The number of rotatable bonds is 12. The molecule has 0 fully saturated rings. The first-order valence-corrected chi connectivity index (χ1v) is 8.36. The third-order valence-electron chi connectivity index (χ3n) is 4.46. The lowest BCUT2D eigenvalue weighted by Gasteiger charge is -2.44. The zero-order valence-electron chi connectivity index (χ0n) is 16.7. The van der Waals surface area contributed by atoms with E-state index in [0.717, 1.165) is 0 Å². The van der Waals surface area contributed by atoms with Crippen molar-refractivity contribution in [3.8, 4) is 0 Å². The average Bonchev–Trinajstić information content (AvgIpc) is 2.71. The summed E-state index contributed by atoms with van der Waals surface area (Å²) >= 11 is 0. The molecule has 0 aromatic heterocycles. The van der Waals surface area contributed by atoms with Gasteiger partial charge in [0.25, 0.3) is 6.43 Å². The van der Waals surface area contributed by atoms with Crippen LogP contribution in [0.1, 0.15) is 6.92 Å². The van der Waals surface area contributed by atoms with Crippen LogP contribution in [0.4, 0.5) is 87.8 Å². The van der Waals surface area contributed by atoms with Crippen LogP contribution in [0.5, 0.6) is 0 Å². The number of allylic oxidation sites excluding steroid dienone is 1. The second-order valence-electron chi connectivity index (χ2n) is 6.99. The quantitative estimate of drug-likeness (QED) is 0.193. The number of hydrogen-bond donors (Lipinski definition) is 1. The Balaban J connectivity index is 6.98. The van der Waals surface area contributed by atoms with E-state index in [-0.39, 0.29) is 6.92 Å². The van der Waals surface area contributed by atoms with Gasteiger partial charge in [-0.2, -0.15) is 70.2 Å². The van der Waals surface area contributed by atoms with Crippen LogP contribution < -0.4 is 0 Å². The molecular formula is C15H8F20O2. The van der Waals surface area contributed by atoms with Crippen LogP contribution in [-0.2, 0) is 4.79 Å². The molecule has 0 aliphatic carbocycles. The zero-order valence-corrected chi connectivity index (χ0v) is 16.7. The predicted molar refractivity (Wildman–Crippen MR) is 76.8 cm³/mol. The number of aliphatic carboxylic acids is 1. The van der Waals surface area contributed by atoms with Crippen molar-refractivity contribution >= 4 is 5.97 Å². The summed E-state index contributed by atoms with van der Waals surface area (Å²) in [4.78, 5) is 10.4. The highest BCUT2D eigenvalue weighted by atomic mass is 19.4. The van der Waals surface area contributed by atoms with E-state index in [2.05, 4.69) is 0 Å². The first kappa shape index (κ1) is 34.8. The van der Waals surface area contributed by atoms with Crippen LogP contribution in [0.3, 0.4) is 0 Å². The van der Waals surface area contributed by atoms with Crippen LogP contribution in [0.25, 0.3) is 0 Å². The summed E-state index contributed by atoms with van der Waals surface area (Å²) in [5.74, 6) is -70.2. The van der Waals surface area contributed by atoms with E-state index in [1.165, 1.54) is 0 Å². The van der Waals surface area contributed by atoms with Crippen molar-refractivity contribution in [3.63, 3.8) is 0 Å². The van der Waals surface area contributed by atoms with Gasteiger partial charge in [0, 0.05) is 5.57 Å². The number of hydrogen-bond acceptors (Lipinski definition) is 1. The minimum absolute atomic E-state index is 0.102. The third-order valence-corrected chi connectivity index (χ3v) is 4.46. The van der Waals surface area contributed by atoms with Gasteiger partial charge in [0.15, 0.2) is 6.17 Å². The van der Waals surface area contributed by atoms with E-state index in [9.17, 15) is 92.6 Å². The number of alkyl halides is 20. The molecule has 220 valence electrons. The van der Waals surface area contributed by atoms with E-state index >= 15 is 0 Å². The Labute approximate surface area is 189 Å². The molecule has 0 aromatic rings. The molecule has 0 heterocycles. The fraction of sp³-hybridized carbons (Fsp3) is 0.800. The summed E-state index contributed by atoms with van der Waals surface area (Å²) in [5.41, 5.74) is -1.74. The molecule has 0 saturated carbocycles. The van der Waals surface area contributed by atoms with Gasteiger partial charge in [-0.05, 0) is 13.0 Å². The van der Waals surface area contributed by atoms with Crippen molar-refractivity contribution in [1.29, 1.82) is 0 Å². The SMILES string of the molecule is CC(=CC(F)C(F)(F)C(F)(F)C(F)(F)C(F)(F)C(F)(F)C(F)(F)C(F)(F)C(F)(F)C(F)C(F)F)C(=O)O. The lowest BCUT2D eigenvalue weighted by Crippen LogP contribution is -2.76. The fourth-order valence-electron chi connectivity index (χ4n) is 2.11. The van der Waals surface area contributed by atoms with Crippen LogP contribution in [0.15, 0.2) is 11.6 Å². The van der Waals surface area contributed by atoms with E-state index in [1.807, 2.05) is 0 Å². The van der Waals surface area contributed by atoms with E-state index in [4.69, 9.17) is 5.11 Å². The number of halogens is 20. The molecule has 0 radical (unpaired) electrons. The van der Waals surface area contributed by atoms with Gasteiger partial charge in [-0.1, -0.05) is 0 Å². The van der Waals surface area contributed by atoms with Crippen molar-refractivity contribution < 1.29 is 97.7 Å². The molecule has 0 aliphatic heterocycles. The zero-order chi connectivity index (χ0) is 30.6. The predicted octanol–water partition coefficient (Wildman–Crippen LogP) is 7.04. The van der Waals surface area contributed by atoms with Gasteiger partial charge in [-0.15, -0.1) is 0 Å². The topological polar surface area (TPSA) is 37.3 Å². The molecule has 2 unspecified atom stereocenters. The fourth-order valence-corrected chi connectivity index (χ4v) is 2.11. The van der Waals surface area contributed by atoms with Gasteiger partial charge >= 0.3 is 53.3 Å². The Morgan fingerprint density at radius 2 is 0.838 bits per heavy atom. The largest absolute Gasteiger partial charge is 0.478 e. The van der Waals surface area contributed by atoms with Crippen molar-refractivity contribution in [2.24, 2.45) is 0 Å². The Hall–Kier alpha value is -2.19. The van der Waals surface area contributed by atoms with Crippen LogP contribution in [-0.4, -0.2) is 77.2 Å². The number of carboxylic acids is 1. The van der Waals surface area contributed by atoms with Gasteiger partial charge in [0.2, 0.25) is 6.17 Å². The average molecular weight is 600 g/mol. The summed E-state index contributed by atoms with van der Waals surface area (Å²) in [7, 11) is 0. The maximum absolute atomic E-state index is 13.6. The van der Waals surface area contributed by atoms with Crippen LogP contribution >= 0.6 is 0 Å². The summed E-state index contributed by atoms with van der Waals surface area (Å²) in [5, 5.41) is 8.28. The van der Waals surface area contributed by atoms with Crippen molar-refractivity contribution in [2.45, 2.75) is 73.1 Å². The maximum atomic E-state index is 13.6. The molecule has 37 heavy (non-hydrogen) atoms. The molecule has 0 aliphatic rings. The minimum atomic E-state index is -9.02. The molecule has 0 aromatic carbocycles. The van der Waals surface area contributed by atoms with Crippen LogP contribution in [0, 0.1) is 0 Å². The Morgan fingerprint density at radius 1 is 0.568 bits per heavy atom.